The van der Waals surface area contributed by atoms with Crippen LogP contribution in [0, 0.1) is 0 Å². The summed E-state index contributed by atoms with van der Waals surface area (Å²) in [6.45, 7) is 6.24. The number of Topliss-reactive ketones (excluding diaryl/α,β-unsaturated/α-hetero) is 1. The highest BCUT2D eigenvalue weighted by Gasteiger charge is 2.46. The van der Waals surface area contributed by atoms with E-state index < -0.39 is 41.7 Å². The standard InChI is InChI=1S/C21H23BrCl2FN3O5/c1-5-32-19(30)17(28-9-11-13(23)7-12(22)15(24)16(11)26-28)18(29)14-6-10(25)8-27(14)20(31)33-21(2,3)4/h7,9-10,14,17H,5-6,8H2,1-4H3/t10-,14+,17?/m1/s1. The van der Waals surface area contributed by atoms with Crippen LogP contribution in [0.2, 0.25) is 10.0 Å². The average Bonchev–Trinajstić information content (AvgIpc) is 3.30. The topological polar surface area (TPSA) is 90.7 Å². The fraction of sp³-hybridized carbons (Fsp3) is 0.524. The normalized spacial score (nSPS) is 19.6. The molecule has 0 bridgehead atoms. The summed E-state index contributed by atoms with van der Waals surface area (Å²) < 4.78 is 26.3. The molecule has 1 aliphatic rings. The van der Waals surface area contributed by atoms with Crippen molar-refractivity contribution in [3.05, 3.63) is 26.8 Å². The molecule has 1 aromatic carbocycles. The summed E-state index contributed by atoms with van der Waals surface area (Å²) in [6, 6.07) is -1.26. The van der Waals surface area contributed by atoms with Gasteiger partial charge >= 0.3 is 12.1 Å². The zero-order valence-electron chi connectivity index (χ0n) is 18.4. The fourth-order valence-electron chi connectivity index (χ4n) is 3.56. The van der Waals surface area contributed by atoms with Gasteiger partial charge in [0.05, 0.1) is 29.2 Å². The Bertz CT molecular complexity index is 1100. The van der Waals surface area contributed by atoms with E-state index in [0.29, 0.717) is 14.9 Å². The number of fused-ring (bicyclic) bond motifs is 1. The van der Waals surface area contributed by atoms with Crippen molar-refractivity contribution in [1.29, 1.82) is 0 Å². The molecular weight excluding hydrogens is 544 g/mol. The third-order valence-electron chi connectivity index (χ3n) is 4.91. The maximum Gasteiger partial charge on any atom is 0.411 e. The van der Waals surface area contributed by atoms with Gasteiger partial charge in [0.2, 0.25) is 6.04 Å². The van der Waals surface area contributed by atoms with Gasteiger partial charge in [0.15, 0.2) is 5.78 Å². The van der Waals surface area contributed by atoms with Crippen LogP contribution in [0.1, 0.15) is 40.2 Å². The molecule has 1 unspecified atom stereocenters. The number of nitrogens with zero attached hydrogens (tertiary/aromatic N) is 3. The van der Waals surface area contributed by atoms with Gasteiger partial charge in [-0.25, -0.2) is 18.7 Å². The highest BCUT2D eigenvalue weighted by Crippen LogP contribution is 2.36. The molecule has 1 fully saturated rings. The van der Waals surface area contributed by atoms with Crippen molar-refractivity contribution in [2.24, 2.45) is 0 Å². The first-order chi connectivity index (χ1) is 15.3. The molecule has 33 heavy (non-hydrogen) atoms. The molecule has 0 saturated carbocycles. The van der Waals surface area contributed by atoms with Gasteiger partial charge in [-0.2, -0.15) is 5.10 Å². The second-order valence-corrected chi connectivity index (χ2v) is 10.2. The Kier molecular flexibility index (Phi) is 7.60. The Morgan fingerprint density at radius 1 is 1.33 bits per heavy atom. The van der Waals surface area contributed by atoms with E-state index >= 15 is 0 Å². The third-order valence-corrected chi connectivity index (χ3v) is 6.46. The Morgan fingerprint density at radius 2 is 2.00 bits per heavy atom. The van der Waals surface area contributed by atoms with Crippen molar-refractivity contribution in [2.75, 3.05) is 13.2 Å². The van der Waals surface area contributed by atoms with Crippen LogP contribution in [0.25, 0.3) is 10.9 Å². The summed E-state index contributed by atoms with van der Waals surface area (Å²) in [5, 5.41) is 5.24. The highest BCUT2D eigenvalue weighted by atomic mass is 79.9. The van der Waals surface area contributed by atoms with Gasteiger partial charge in [0, 0.05) is 22.5 Å². The molecule has 1 amide bonds. The zero-order chi connectivity index (χ0) is 24.7. The summed E-state index contributed by atoms with van der Waals surface area (Å²) in [7, 11) is 0. The molecule has 3 atom stereocenters. The molecule has 0 radical (unpaired) electrons. The summed E-state index contributed by atoms with van der Waals surface area (Å²) in [5.41, 5.74) is -0.586. The minimum atomic E-state index is -1.58. The molecule has 1 saturated heterocycles. The number of rotatable bonds is 5. The van der Waals surface area contributed by atoms with E-state index in [4.69, 9.17) is 32.7 Å². The second-order valence-electron chi connectivity index (χ2n) is 8.56. The van der Waals surface area contributed by atoms with Crippen LogP contribution < -0.4 is 0 Å². The number of ether oxygens (including phenoxy) is 2. The third kappa shape index (κ3) is 5.44. The van der Waals surface area contributed by atoms with E-state index in [9.17, 15) is 18.8 Å². The maximum absolute atomic E-state index is 14.3. The van der Waals surface area contributed by atoms with Crippen LogP contribution in [0.5, 0.6) is 0 Å². The lowest BCUT2D eigenvalue weighted by atomic mass is 10.0. The summed E-state index contributed by atoms with van der Waals surface area (Å²) in [4.78, 5) is 40.0. The quantitative estimate of drug-likeness (QED) is 0.283. The lowest BCUT2D eigenvalue weighted by Gasteiger charge is -2.29. The SMILES string of the molecule is CCOC(=O)C(C(=O)[C@@H]1C[C@@H](F)CN1C(=O)OC(C)(C)C)n1cc2c(Cl)cc(Br)c(Cl)c2n1. The largest absolute Gasteiger partial charge is 0.464 e. The smallest absolute Gasteiger partial charge is 0.411 e. The number of esters is 1. The molecule has 8 nitrogen and oxygen atoms in total. The van der Waals surface area contributed by atoms with Crippen LogP contribution in [0.4, 0.5) is 9.18 Å². The molecule has 1 aromatic heterocycles. The predicted octanol–water partition coefficient (Wildman–Crippen LogP) is 5.13. The molecule has 0 aliphatic carbocycles. The van der Waals surface area contributed by atoms with E-state index in [-0.39, 0.29) is 30.1 Å². The van der Waals surface area contributed by atoms with Crippen molar-refractivity contribution in [2.45, 2.75) is 58.0 Å². The summed E-state index contributed by atoms with van der Waals surface area (Å²) in [6.07, 6.45) is -1.17. The zero-order valence-corrected chi connectivity index (χ0v) is 21.5. The molecule has 0 N–H and O–H groups in total. The molecule has 2 heterocycles. The van der Waals surface area contributed by atoms with Gasteiger partial charge in [0.25, 0.3) is 0 Å². The molecular formula is C21H23BrCl2FN3O5. The highest BCUT2D eigenvalue weighted by molar-refractivity contribution is 9.10. The minimum Gasteiger partial charge on any atom is -0.464 e. The number of amides is 1. The van der Waals surface area contributed by atoms with E-state index in [1.54, 1.807) is 33.8 Å². The Labute approximate surface area is 208 Å². The van der Waals surface area contributed by atoms with Crippen LogP contribution in [-0.2, 0) is 19.1 Å². The van der Waals surface area contributed by atoms with Crippen molar-refractivity contribution in [3.63, 3.8) is 0 Å². The molecule has 12 heteroatoms. The number of halogens is 4. The van der Waals surface area contributed by atoms with Crippen molar-refractivity contribution >= 4 is 67.9 Å². The van der Waals surface area contributed by atoms with Crippen LogP contribution in [0.3, 0.4) is 0 Å². The number of hydrogen-bond acceptors (Lipinski definition) is 6. The number of hydrogen-bond donors (Lipinski definition) is 0. The first kappa shape index (κ1) is 25.7. The van der Waals surface area contributed by atoms with Gasteiger partial charge in [-0.05, 0) is 49.7 Å². The van der Waals surface area contributed by atoms with Crippen molar-refractivity contribution < 1.29 is 28.2 Å². The second kappa shape index (κ2) is 9.76. The summed E-state index contributed by atoms with van der Waals surface area (Å²) in [5.74, 6) is -1.65. The number of likely N-dealkylation sites (tertiary alicyclic amines) is 1. The number of benzene rings is 1. The number of ketones is 1. The first-order valence-electron chi connectivity index (χ1n) is 10.2. The van der Waals surface area contributed by atoms with Gasteiger partial charge in [-0.15, -0.1) is 0 Å². The molecule has 180 valence electrons. The van der Waals surface area contributed by atoms with E-state index in [1.165, 1.54) is 6.20 Å². The van der Waals surface area contributed by atoms with E-state index in [0.717, 1.165) is 9.58 Å². The van der Waals surface area contributed by atoms with Crippen molar-refractivity contribution in [1.82, 2.24) is 14.7 Å². The Hall–Kier alpha value is -1.91. The number of aromatic nitrogens is 2. The average molecular weight is 567 g/mol. The molecule has 3 rings (SSSR count). The first-order valence-corrected chi connectivity index (χ1v) is 11.7. The molecule has 2 aromatic rings. The lowest BCUT2D eigenvalue weighted by molar-refractivity contribution is -0.152. The number of alkyl halides is 1. The molecule has 1 aliphatic heterocycles. The lowest BCUT2D eigenvalue weighted by Crippen LogP contribution is -2.47. The van der Waals surface area contributed by atoms with E-state index in [1.807, 2.05) is 0 Å². The van der Waals surface area contributed by atoms with E-state index in [2.05, 4.69) is 21.0 Å². The van der Waals surface area contributed by atoms with Crippen LogP contribution >= 0.6 is 39.1 Å². The Balaban J connectivity index is 2.04. The van der Waals surface area contributed by atoms with Gasteiger partial charge in [-0.3, -0.25) is 9.69 Å². The van der Waals surface area contributed by atoms with Gasteiger partial charge in [0.1, 0.15) is 17.3 Å². The number of carbonyl (C=O) groups is 3. The fourth-order valence-corrected chi connectivity index (χ4v) is 4.55. The number of carbonyl (C=O) groups excluding carboxylic acids is 3. The maximum atomic E-state index is 14.3. The minimum absolute atomic E-state index is 0.00262. The summed E-state index contributed by atoms with van der Waals surface area (Å²) >= 11 is 15.9. The monoisotopic (exact) mass is 565 g/mol. The van der Waals surface area contributed by atoms with Gasteiger partial charge < -0.3 is 9.47 Å². The predicted molar refractivity (Wildman–Crippen MR) is 124 cm³/mol. The van der Waals surface area contributed by atoms with Crippen LogP contribution in [0.15, 0.2) is 16.7 Å². The molecule has 0 spiro atoms. The van der Waals surface area contributed by atoms with Gasteiger partial charge in [-0.1, -0.05) is 23.2 Å². The Morgan fingerprint density at radius 3 is 2.61 bits per heavy atom. The van der Waals surface area contributed by atoms with Crippen molar-refractivity contribution in [3.8, 4) is 0 Å². The van der Waals surface area contributed by atoms with Crippen LogP contribution in [-0.4, -0.2) is 63.5 Å².